The van der Waals surface area contributed by atoms with Gasteiger partial charge in [-0.2, -0.15) is 0 Å². The van der Waals surface area contributed by atoms with E-state index in [9.17, 15) is 9.59 Å². The maximum Gasteiger partial charge on any atom is 0.338 e. The third-order valence-corrected chi connectivity index (χ3v) is 5.05. The molecule has 1 atom stereocenters. The molecule has 0 saturated heterocycles. The van der Waals surface area contributed by atoms with E-state index in [2.05, 4.69) is 17.6 Å². The summed E-state index contributed by atoms with van der Waals surface area (Å²) >= 11 is 1.80. The molecule has 25 heavy (non-hydrogen) atoms. The Morgan fingerprint density at radius 1 is 1.16 bits per heavy atom. The molecule has 0 bridgehead atoms. The summed E-state index contributed by atoms with van der Waals surface area (Å²) in [7, 11) is 0. The number of amides is 2. The monoisotopic (exact) mass is 362 g/mol. The first-order valence-electron chi connectivity index (χ1n) is 8.81. The van der Waals surface area contributed by atoms with Crippen LogP contribution in [0.5, 0.6) is 0 Å². The summed E-state index contributed by atoms with van der Waals surface area (Å²) in [5.41, 5.74) is 2.03. The molecule has 1 aromatic carbocycles. The number of benzene rings is 1. The van der Waals surface area contributed by atoms with Crippen molar-refractivity contribution in [1.29, 1.82) is 0 Å². The molecular weight excluding hydrogens is 336 g/mol. The Morgan fingerprint density at radius 3 is 2.48 bits per heavy atom. The van der Waals surface area contributed by atoms with Gasteiger partial charge in [-0.25, -0.2) is 9.59 Å². The summed E-state index contributed by atoms with van der Waals surface area (Å²) in [6, 6.07) is 7.23. The van der Waals surface area contributed by atoms with Gasteiger partial charge < -0.3 is 15.4 Å². The molecular formula is C19H26N2O3S. The Balaban J connectivity index is 2.35. The molecule has 0 spiro atoms. The molecule has 136 valence electrons. The molecule has 2 amide bonds. The van der Waals surface area contributed by atoms with Gasteiger partial charge in [0.05, 0.1) is 18.2 Å². The zero-order valence-electron chi connectivity index (χ0n) is 15.1. The minimum atomic E-state index is -0.487. The van der Waals surface area contributed by atoms with E-state index in [0.29, 0.717) is 24.3 Å². The first-order valence-corrected chi connectivity index (χ1v) is 9.79. The molecule has 0 fully saturated rings. The molecule has 0 radical (unpaired) electrons. The molecule has 1 aliphatic rings. The van der Waals surface area contributed by atoms with Gasteiger partial charge in [0.1, 0.15) is 0 Å². The summed E-state index contributed by atoms with van der Waals surface area (Å²) < 4.78 is 5.23. The van der Waals surface area contributed by atoms with Crippen molar-refractivity contribution < 1.29 is 14.3 Å². The number of hydrogen-bond donors (Lipinski definition) is 2. The van der Waals surface area contributed by atoms with Crippen molar-refractivity contribution in [3.63, 3.8) is 0 Å². The summed E-state index contributed by atoms with van der Waals surface area (Å²) in [4.78, 5) is 25.7. The number of hydrogen-bond acceptors (Lipinski definition) is 4. The number of ether oxygens (including phenoxy) is 1. The third kappa shape index (κ3) is 5.01. The van der Waals surface area contributed by atoms with Crippen LogP contribution in [0.25, 0.3) is 0 Å². The molecule has 6 heteroatoms. The predicted molar refractivity (Wildman–Crippen MR) is 100 cm³/mol. The van der Waals surface area contributed by atoms with E-state index in [4.69, 9.17) is 4.74 Å². The van der Waals surface area contributed by atoms with Crippen molar-refractivity contribution in [1.82, 2.24) is 10.6 Å². The SMILES string of the molecule is CCCSc1ccc(C2NC(=O)NC(CCC)=C2C(=O)OCC)cc1. The van der Waals surface area contributed by atoms with Crippen LogP contribution < -0.4 is 10.6 Å². The van der Waals surface area contributed by atoms with Gasteiger partial charge in [-0.05, 0) is 43.2 Å². The highest BCUT2D eigenvalue weighted by molar-refractivity contribution is 7.99. The smallest absolute Gasteiger partial charge is 0.338 e. The molecule has 0 aliphatic carbocycles. The van der Waals surface area contributed by atoms with Crippen LogP contribution in [0.1, 0.15) is 51.6 Å². The van der Waals surface area contributed by atoms with E-state index in [1.807, 2.05) is 31.2 Å². The van der Waals surface area contributed by atoms with Gasteiger partial charge in [-0.15, -0.1) is 11.8 Å². The Hall–Kier alpha value is -1.95. The second-order valence-corrected chi connectivity index (χ2v) is 6.98. The molecule has 1 unspecified atom stereocenters. The maximum absolute atomic E-state index is 12.5. The van der Waals surface area contributed by atoms with E-state index in [1.165, 1.54) is 4.90 Å². The van der Waals surface area contributed by atoms with E-state index in [-0.39, 0.29) is 12.0 Å². The number of allylic oxidation sites excluding steroid dienone is 1. The minimum absolute atomic E-state index is 0.286. The molecule has 5 nitrogen and oxygen atoms in total. The van der Waals surface area contributed by atoms with E-state index >= 15 is 0 Å². The summed E-state index contributed by atoms with van der Waals surface area (Å²) in [5, 5.41) is 5.63. The number of nitrogens with one attached hydrogen (secondary N) is 2. The molecule has 0 aromatic heterocycles. The average molecular weight is 362 g/mol. The topological polar surface area (TPSA) is 67.4 Å². The number of esters is 1. The zero-order valence-corrected chi connectivity index (χ0v) is 15.9. The molecule has 1 aliphatic heterocycles. The molecule has 1 heterocycles. The van der Waals surface area contributed by atoms with Crippen LogP contribution in [0, 0.1) is 0 Å². The van der Waals surface area contributed by atoms with E-state index in [1.54, 1.807) is 18.7 Å². The average Bonchev–Trinajstić information content (AvgIpc) is 2.60. The fraction of sp³-hybridized carbons (Fsp3) is 0.474. The lowest BCUT2D eigenvalue weighted by Crippen LogP contribution is -2.46. The summed E-state index contributed by atoms with van der Waals surface area (Å²) in [6.07, 6.45) is 2.58. The van der Waals surface area contributed by atoms with Gasteiger partial charge in [0.2, 0.25) is 0 Å². The first-order chi connectivity index (χ1) is 12.1. The standard InChI is InChI=1S/C19H26N2O3S/c1-4-7-15-16(18(22)24-6-3)17(21-19(23)20-15)13-8-10-14(11-9-13)25-12-5-2/h8-11,17H,4-7,12H2,1-3H3,(H2,20,21,23). The highest BCUT2D eigenvalue weighted by Gasteiger charge is 2.33. The van der Waals surface area contributed by atoms with Crippen molar-refractivity contribution in [3.8, 4) is 0 Å². The maximum atomic E-state index is 12.5. The van der Waals surface area contributed by atoms with Gasteiger partial charge in [0.25, 0.3) is 0 Å². The van der Waals surface area contributed by atoms with Gasteiger partial charge in [-0.3, -0.25) is 0 Å². The Bertz CT molecular complexity index is 641. The van der Waals surface area contributed by atoms with Crippen molar-refractivity contribution in [2.75, 3.05) is 12.4 Å². The first kappa shape index (κ1) is 19.4. The Kier molecular flexibility index (Phi) is 7.37. The number of urea groups is 1. The van der Waals surface area contributed by atoms with Crippen molar-refractivity contribution in [2.24, 2.45) is 0 Å². The van der Waals surface area contributed by atoms with Crippen LogP contribution in [0.4, 0.5) is 4.79 Å². The van der Waals surface area contributed by atoms with Gasteiger partial charge >= 0.3 is 12.0 Å². The number of rotatable bonds is 8. The van der Waals surface area contributed by atoms with Crippen LogP contribution in [0.3, 0.4) is 0 Å². The lowest BCUT2D eigenvalue weighted by Gasteiger charge is -2.29. The number of carbonyl (C=O) groups excluding carboxylic acids is 2. The highest BCUT2D eigenvalue weighted by atomic mass is 32.2. The molecule has 2 rings (SSSR count). The normalized spacial score (nSPS) is 17.1. The minimum Gasteiger partial charge on any atom is -0.463 e. The fourth-order valence-electron chi connectivity index (χ4n) is 2.74. The van der Waals surface area contributed by atoms with Gasteiger partial charge in [0.15, 0.2) is 0 Å². The lowest BCUT2D eigenvalue weighted by molar-refractivity contribution is -0.139. The molecule has 1 aromatic rings. The van der Waals surface area contributed by atoms with Crippen LogP contribution >= 0.6 is 11.8 Å². The van der Waals surface area contributed by atoms with Gasteiger partial charge in [0, 0.05) is 10.6 Å². The fourth-order valence-corrected chi connectivity index (χ4v) is 3.51. The Labute approximate surface area is 153 Å². The summed E-state index contributed by atoms with van der Waals surface area (Å²) in [5.74, 6) is 0.686. The third-order valence-electron chi connectivity index (χ3n) is 3.84. The van der Waals surface area contributed by atoms with Crippen LogP contribution in [0.15, 0.2) is 40.4 Å². The highest BCUT2D eigenvalue weighted by Crippen LogP contribution is 2.30. The quantitative estimate of drug-likeness (QED) is 0.538. The van der Waals surface area contributed by atoms with Gasteiger partial charge in [-0.1, -0.05) is 32.4 Å². The van der Waals surface area contributed by atoms with Crippen LogP contribution in [0.2, 0.25) is 0 Å². The second-order valence-electron chi connectivity index (χ2n) is 5.81. The number of carbonyl (C=O) groups is 2. The van der Waals surface area contributed by atoms with Crippen LogP contribution in [-0.4, -0.2) is 24.4 Å². The van der Waals surface area contributed by atoms with Crippen LogP contribution in [-0.2, 0) is 9.53 Å². The van der Waals surface area contributed by atoms with E-state index in [0.717, 1.165) is 24.2 Å². The van der Waals surface area contributed by atoms with Crippen molar-refractivity contribution >= 4 is 23.8 Å². The second kappa shape index (κ2) is 9.51. The predicted octanol–water partition coefficient (Wildman–Crippen LogP) is 4.16. The summed E-state index contributed by atoms with van der Waals surface area (Å²) in [6.45, 7) is 6.24. The zero-order chi connectivity index (χ0) is 18.2. The molecule has 0 saturated carbocycles. The largest absolute Gasteiger partial charge is 0.463 e. The van der Waals surface area contributed by atoms with E-state index < -0.39 is 6.04 Å². The lowest BCUT2D eigenvalue weighted by atomic mass is 9.94. The van der Waals surface area contributed by atoms with Crippen molar-refractivity contribution in [2.45, 2.75) is 51.0 Å². The number of thioether (sulfide) groups is 1. The Morgan fingerprint density at radius 2 is 1.88 bits per heavy atom. The van der Waals surface area contributed by atoms with Crippen molar-refractivity contribution in [3.05, 3.63) is 41.1 Å². The molecule has 2 N–H and O–H groups in total.